The first-order valence-corrected chi connectivity index (χ1v) is 6.71. The maximum Gasteiger partial charge on any atom is 0.0943 e. The Hall–Kier alpha value is -1.64. The van der Waals surface area contributed by atoms with Crippen molar-refractivity contribution in [2.45, 2.75) is 25.5 Å². The summed E-state index contributed by atoms with van der Waals surface area (Å²) in [5.74, 6) is 0.220. The lowest BCUT2D eigenvalue weighted by atomic mass is 9.88. The number of hydrogen-bond acceptors (Lipinski definition) is 2. The lowest BCUT2D eigenvalue weighted by Gasteiger charge is -2.25. The Morgan fingerprint density at radius 2 is 1.47 bits per heavy atom. The standard InChI is InChI=1S/C17H21NO/c1-13(12-14-8-4-2-5-9-14)16(18)17(19)15-10-6-3-7-11-15/h2-11,13,16-17,19H,12,18H2,1H3. The molecule has 0 saturated carbocycles. The van der Waals surface area contributed by atoms with Crippen LogP contribution >= 0.6 is 0 Å². The molecule has 3 unspecified atom stereocenters. The van der Waals surface area contributed by atoms with Crippen LogP contribution in [0.25, 0.3) is 0 Å². The molecule has 0 radical (unpaired) electrons. The second-order valence-electron chi connectivity index (χ2n) is 5.10. The Kier molecular flexibility index (Phi) is 4.72. The van der Waals surface area contributed by atoms with Crippen molar-refractivity contribution >= 4 is 0 Å². The van der Waals surface area contributed by atoms with Gasteiger partial charge in [-0.15, -0.1) is 0 Å². The van der Waals surface area contributed by atoms with E-state index < -0.39 is 6.10 Å². The average Bonchev–Trinajstić information content (AvgIpc) is 2.47. The number of nitrogens with two attached hydrogens (primary N) is 1. The molecule has 3 N–H and O–H groups in total. The third kappa shape index (κ3) is 3.66. The van der Waals surface area contributed by atoms with Gasteiger partial charge in [-0.05, 0) is 23.5 Å². The van der Waals surface area contributed by atoms with Crippen molar-refractivity contribution in [1.29, 1.82) is 0 Å². The zero-order chi connectivity index (χ0) is 13.7. The normalized spacial score (nSPS) is 15.7. The van der Waals surface area contributed by atoms with E-state index in [0.717, 1.165) is 12.0 Å². The number of rotatable bonds is 5. The highest BCUT2D eigenvalue weighted by Crippen LogP contribution is 2.22. The predicted octanol–water partition coefficient (Wildman–Crippen LogP) is 2.93. The molecule has 0 saturated heterocycles. The largest absolute Gasteiger partial charge is 0.387 e. The van der Waals surface area contributed by atoms with Gasteiger partial charge in [-0.25, -0.2) is 0 Å². The fraction of sp³-hybridized carbons (Fsp3) is 0.294. The first-order chi connectivity index (χ1) is 9.18. The molecule has 2 heteroatoms. The molecule has 0 spiro atoms. The Balaban J connectivity index is 2.01. The van der Waals surface area contributed by atoms with E-state index in [4.69, 9.17) is 5.73 Å². The molecule has 0 aliphatic rings. The third-order valence-electron chi connectivity index (χ3n) is 3.56. The molecule has 2 rings (SSSR count). The summed E-state index contributed by atoms with van der Waals surface area (Å²) in [5, 5.41) is 10.3. The zero-order valence-electron chi connectivity index (χ0n) is 11.2. The van der Waals surface area contributed by atoms with Crippen LogP contribution in [0.4, 0.5) is 0 Å². The summed E-state index contributed by atoms with van der Waals surface area (Å²) in [6.07, 6.45) is 0.270. The van der Waals surface area contributed by atoms with Crippen molar-refractivity contribution in [1.82, 2.24) is 0 Å². The van der Waals surface area contributed by atoms with E-state index in [2.05, 4.69) is 19.1 Å². The summed E-state index contributed by atoms with van der Waals surface area (Å²) in [4.78, 5) is 0. The van der Waals surface area contributed by atoms with Crippen molar-refractivity contribution in [3.63, 3.8) is 0 Å². The van der Waals surface area contributed by atoms with Crippen molar-refractivity contribution in [2.75, 3.05) is 0 Å². The second kappa shape index (κ2) is 6.50. The summed E-state index contributed by atoms with van der Waals surface area (Å²) in [5.41, 5.74) is 8.33. The van der Waals surface area contributed by atoms with E-state index in [1.54, 1.807) is 0 Å². The molecular weight excluding hydrogens is 234 g/mol. The van der Waals surface area contributed by atoms with Crippen LogP contribution in [0.5, 0.6) is 0 Å². The number of aliphatic hydroxyl groups is 1. The van der Waals surface area contributed by atoms with Crippen LogP contribution in [0.1, 0.15) is 24.2 Å². The molecule has 3 atom stereocenters. The van der Waals surface area contributed by atoms with Gasteiger partial charge in [-0.2, -0.15) is 0 Å². The van der Waals surface area contributed by atoms with Crippen LogP contribution in [0.2, 0.25) is 0 Å². The minimum absolute atomic E-state index is 0.220. The zero-order valence-corrected chi connectivity index (χ0v) is 11.2. The summed E-state index contributed by atoms with van der Waals surface area (Å²) in [7, 11) is 0. The van der Waals surface area contributed by atoms with Crippen molar-refractivity contribution in [3.05, 3.63) is 71.8 Å². The molecule has 0 fully saturated rings. The van der Waals surface area contributed by atoms with E-state index in [1.807, 2.05) is 48.5 Å². The molecule has 0 bridgehead atoms. The van der Waals surface area contributed by atoms with Gasteiger partial charge in [0.05, 0.1) is 6.10 Å². The molecule has 2 nitrogen and oxygen atoms in total. The van der Waals surface area contributed by atoms with Crippen LogP contribution in [-0.2, 0) is 6.42 Å². The lowest BCUT2D eigenvalue weighted by Crippen LogP contribution is -2.36. The first kappa shape index (κ1) is 13.8. The Morgan fingerprint density at radius 1 is 0.947 bits per heavy atom. The van der Waals surface area contributed by atoms with Crippen LogP contribution in [0.15, 0.2) is 60.7 Å². The SMILES string of the molecule is CC(Cc1ccccc1)C(N)C(O)c1ccccc1. The van der Waals surface area contributed by atoms with Crippen molar-refractivity contribution in [3.8, 4) is 0 Å². The van der Waals surface area contributed by atoms with Crippen molar-refractivity contribution < 1.29 is 5.11 Å². The van der Waals surface area contributed by atoms with E-state index in [0.29, 0.717) is 0 Å². The highest BCUT2D eigenvalue weighted by atomic mass is 16.3. The highest BCUT2D eigenvalue weighted by Gasteiger charge is 2.22. The number of aliphatic hydroxyl groups excluding tert-OH is 1. The molecule has 0 aliphatic carbocycles. The molecule has 19 heavy (non-hydrogen) atoms. The quantitative estimate of drug-likeness (QED) is 0.863. The fourth-order valence-electron chi connectivity index (χ4n) is 2.31. The van der Waals surface area contributed by atoms with Gasteiger partial charge in [-0.1, -0.05) is 67.6 Å². The van der Waals surface area contributed by atoms with Gasteiger partial charge in [0.2, 0.25) is 0 Å². The van der Waals surface area contributed by atoms with E-state index in [9.17, 15) is 5.11 Å². The first-order valence-electron chi connectivity index (χ1n) is 6.71. The molecule has 100 valence electrons. The fourth-order valence-corrected chi connectivity index (χ4v) is 2.31. The van der Waals surface area contributed by atoms with Gasteiger partial charge in [0.25, 0.3) is 0 Å². The highest BCUT2D eigenvalue weighted by molar-refractivity contribution is 5.20. The van der Waals surface area contributed by atoms with Gasteiger partial charge >= 0.3 is 0 Å². The van der Waals surface area contributed by atoms with Gasteiger partial charge in [-0.3, -0.25) is 0 Å². The smallest absolute Gasteiger partial charge is 0.0943 e. The summed E-state index contributed by atoms with van der Waals surface area (Å²) in [6.45, 7) is 2.09. The second-order valence-corrected chi connectivity index (χ2v) is 5.10. The minimum atomic E-state index is -0.611. The Labute approximate surface area is 114 Å². The number of benzene rings is 2. The molecule has 0 amide bonds. The van der Waals surface area contributed by atoms with Gasteiger partial charge in [0.1, 0.15) is 0 Å². The van der Waals surface area contributed by atoms with E-state index >= 15 is 0 Å². The minimum Gasteiger partial charge on any atom is -0.387 e. The number of hydrogen-bond donors (Lipinski definition) is 2. The molecule has 2 aromatic rings. The van der Waals surface area contributed by atoms with Crippen LogP contribution < -0.4 is 5.73 Å². The summed E-state index contributed by atoms with van der Waals surface area (Å²) >= 11 is 0. The van der Waals surface area contributed by atoms with Gasteiger partial charge in [0, 0.05) is 6.04 Å². The molecule has 2 aromatic carbocycles. The topological polar surface area (TPSA) is 46.2 Å². The van der Waals surface area contributed by atoms with E-state index in [1.165, 1.54) is 5.56 Å². The maximum atomic E-state index is 10.3. The summed E-state index contributed by atoms with van der Waals surface area (Å²) in [6, 6.07) is 19.6. The molecule has 0 heterocycles. The van der Waals surface area contributed by atoms with Crippen LogP contribution in [0.3, 0.4) is 0 Å². The predicted molar refractivity (Wildman–Crippen MR) is 78.7 cm³/mol. The van der Waals surface area contributed by atoms with Crippen LogP contribution in [0, 0.1) is 5.92 Å². The lowest BCUT2D eigenvalue weighted by molar-refractivity contribution is 0.121. The average molecular weight is 255 g/mol. The molecule has 0 aromatic heterocycles. The van der Waals surface area contributed by atoms with Crippen molar-refractivity contribution in [2.24, 2.45) is 11.7 Å². The van der Waals surface area contributed by atoms with E-state index in [-0.39, 0.29) is 12.0 Å². The van der Waals surface area contributed by atoms with Gasteiger partial charge in [0.15, 0.2) is 0 Å². The summed E-state index contributed by atoms with van der Waals surface area (Å²) < 4.78 is 0. The molecular formula is C17H21NO. The Morgan fingerprint density at radius 3 is 2.05 bits per heavy atom. The van der Waals surface area contributed by atoms with Crippen LogP contribution in [-0.4, -0.2) is 11.1 Å². The third-order valence-corrected chi connectivity index (χ3v) is 3.56. The maximum absolute atomic E-state index is 10.3. The monoisotopic (exact) mass is 255 g/mol. The van der Waals surface area contributed by atoms with Gasteiger partial charge < -0.3 is 10.8 Å². The molecule has 0 aliphatic heterocycles. The Bertz CT molecular complexity index is 483.